The molecule has 0 fully saturated rings. The van der Waals surface area contributed by atoms with Gasteiger partial charge in [-0.25, -0.2) is 13.4 Å². The number of fused-ring (bicyclic) bond motifs is 1. The van der Waals surface area contributed by atoms with Crippen molar-refractivity contribution in [2.45, 2.75) is 37.0 Å². The molecule has 0 atom stereocenters. The molecule has 21 heavy (non-hydrogen) atoms. The Kier molecular flexibility index (Phi) is 4.13. The lowest BCUT2D eigenvalue weighted by Gasteiger charge is -2.29. The van der Waals surface area contributed by atoms with Gasteiger partial charge in [-0.05, 0) is 31.0 Å². The molecule has 0 aliphatic rings. The number of nitrogens with two attached hydrogens (primary N) is 1. The van der Waals surface area contributed by atoms with Gasteiger partial charge in [0.2, 0.25) is 0 Å². The number of hydrogen-bond donors (Lipinski definition) is 1. The van der Waals surface area contributed by atoms with Crippen LogP contribution in [-0.4, -0.2) is 30.8 Å². The van der Waals surface area contributed by atoms with Crippen LogP contribution in [0.4, 0.5) is 0 Å². The zero-order valence-corrected chi connectivity index (χ0v) is 13.9. The van der Waals surface area contributed by atoms with Crippen molar-refractivity contribution >= 4 is 20.9 Å². The highest BCUT2D eigenvalue weighted by molar-refractivity contribution is 7.90. The third kappa shape index (κ3) is 2.58. The molecule has 0 unspecified atom stereocenters. The smallest absolute Gasteiger partial charge is 0.175 e. The molecule has 6 heteroatoms. The fourth-order valence-electron chi connectivity index (χ4n) is 2.83. The van der Waals surface area contributed by atoms with Crippen LogP contribution in [0, 0.1) is 0 Å². The monoisotopic (exact) mass is 309 g/mol. The predicted octanol–water partition coefficient (Wildman–Crippen LogP) is 1.99. The number of aromatic nitrogens is 2. The third-order valence-corrected chi connectivity index (χ3v) is 5.61. The van der Waals surface area contributed by atoms with Gasteiger partial charge in [0.1, 0.15) is 5.82 Å². The maximum Gasteiger partial charge on any atom is 0.175 e. The van der Waals surface area contributed by atoms with Crippen molar-refractivity contribution in [1.82, 2.24) is 9.55 Å². The maximum absolute atomic E-state index is 11.7. The first-order chi connectivity index (χ1) is 9.79. The van der Waals surface area contributed by atoms with Crippen molar-refractivity contribution in [2.24, 2.45) is 12.8 Å². The Balaban J connectivity index is 2.71. The minimum atomic E-state index is -3.22. The van der Waals surface area contributed by atoms with E-state index in [4.69, 9.17) is 5.73 Å². The van der Waals surface area contributed by atoms with Crippen LogP contribution in [0.3, 0.4) is 0 Å². The van der Waals surface area contributed by atoms with Gasteiger partial charge in [0, 0.05) is 25.3 Å². The second kappa shape index (κ2) is 5.42. The summed E-state index contributed by atoms with van der Waals surface area (Å²) in [5, 5.41) is 0. The summed E-state index contributed by atoms with van der Waals surface area (Å²) in [6.07, 6.45) is 3.01. The number of rotatable bonds is 5. The van der Waals surface area contributed by atoms with E-state index in [0.717, 1.165) is 24.2 Å². The van der Waals surface area contributed by atoms with Gasteiger partial charge in [-0.15, -0.1) is 0 Å². The molecule has 0 aliphatic heterocycles. The summed E-state index contributed by atoms with van der Waals surface area (Å²) in [6.45, 7) is 4.74. The molecule has 0 bridgehead atoms. The number of nitrogens with zero attached hydrogens (tertiary/aromatic N) is 2. The topological polar surface area (TPSA) is 78.0 Å². The maximum atomic E-state index is 11.7. The Morgan fingerprint density at radius 1 is 1.29 bits per heavy atom. The Hall–Kier alpha value is -1.40. The molecule has 2 aromatic rings. The quantitative estimate of drug-likeness (QED) is 0.916. The predicted molar refractivity (Wildman–Crippen MR) is 85.1 cm³/mol. The van der Waals surface area contributed by atoms with Crippen LogP contribution in [-0.2, 0) is 22.3 Å². The molecule has 0 saturated heterocycles. The Morgan fingerprint density at radius 3 is 2.38 bits per heavy atom. The molecule has 1 aromatic heterocycles. The Labute approximate surface area is 126 Å². The van der Waals surface area contributed by atoms with Crippen molar-refractivity contribution in [3.63, 3.8) is 0 Å². The summed E-state index contributed by atoms with van der Waals surface area (Å²) >= 11 is 0. The number of hydrogen-bond acceptors (Lipinski definition) is 4. The van der Waals surface area contributed by atoms with Gasteiger partial charge in [0.25, 0.3) is 0 Å². The van der Waals surface area contributed by atoms with E-state index in [1.54, 1.807) is 12.1 Å². The first-order valence-electron chi connectivity index (χ1n) is 7.16. The van der Waals surface area contributed by atoms with Crippen molar-refractivity contribution in [1.29, 1.82) is 0 Å². The first kappa shape index (κ1) is 16.0. The molecule has 1 heterocycles. The molecule has 0 saturated carbocycles. The fourth-order valence-corrected chi connectivity index (χ4v) is 3.47. The number of imidazole rings is 1. The number of sulfone groups is 1. The highest BCUT2D eigenvalue weighted by Gasteiger charge is 2.32. The molecular weight excluding hydrogens is 286 g/mol. The van der Waals surface area contributed by atoms with E-state index in [2.05, 4.69) is 18.8 Å². The summed E-state index contributed by atoms with van der Waals surface area (Å²) in [5.41, 5.74) is 7.47. The zero-order valence-electron chi connectivity index (χ0n) is 13.0. The van der Waals surface area contributed by atoms with Crippen LogP contribution in [0.1, 0.15) is 32.5 Å². The van der Waals surface area contributed by atoms with Crippen molar-refractivity contribution < 1.29 is 8.42 Å². The molecule has 0 aliphatic carbocycles. The van der Waals surface area contributed by atoms with Gasteiger partial charge in [0.05, 0.1) is 15.9 Å². The largest absolute Gasteiger partial charge is 0.331 e. The average Bonchev–Trinajstić information content (AvgIpc) is 2.78. The average molecular weight is 309 g/mol. The molecule has 0 amide bonds. The van der Waals surface area contributed by atoms with E-state index in [1.165, 1.54) is 6.26 Å². The molecule has 0 spiro atoms. The second-order valence-corrected chi connectivity index (χ2v) is 7.62. The summed E-state index contributed by atoms with van der Waals surface area (Å²) in [7, 11) is -1.27. The Bertz CT molecular complexity index is 750. The van der Waals surface area contributed by atoms with Crippen LogP contribution in [0.25, 0.3) is 11.0 Å². The zero-order chi connectivity index (χ0) is 15.8. The van der Waals surface area contributed by atoms with Gasteiger partial charge in [-0.2, -0.15) is 0 Å². The van der Waals surface area contributed by atoms with E-state index in [-0.39, 0.29) is 5.41 Å². The van der Waals surface area contributed by atoms with E-state index in [1.807, 2.05) is 17.7 Å². The fraction of sp³-hybridized carbons (Fsp3) is 0.533. The molecule has 5 nitrogen and oxygen atoms in total. The lowest BCUT2D eigenvalue weighted by Crippen LogP contribution is -2.36. The SMILES string of the molecule is CCC(CC)(CN)c1nc2cc(S(C)(=O)=O)ccc2n1C. The second-order valence-electron chi connectivity index (χ2n) is 5.61. The van der Waals surface area contributed by atoms with Crippen molar-refractivity contribution in [3.8, 4) is 0 Å². The standard InChI is InChI=1S/C15H23N3O2S/c1-5-15(6-2,10-16)14-17-12-9-11(21(4,19)20)7-8-13(12)18(14)3/h7-9H,5-6,10,16H2,1-4H3. The molecule has 116 valence electrons. The normalized spacial score (nSPS) is 13.0. The Morgan fingerprint density at radius 2 is 1.90 bits per heavy atom. The van der Waals surface area contributed by atoms with Gasteiger partial charge in [0.15, 0.2) is 9.84 Å². The molecule has 2 N–H and O–H groups in total. The highest BCUT2D eigenvalue weighted by atomic mass is 32.2. The number of aryl methyl sites for hydroxylation is 1. The van der Waals surface area contributed by atoms with E-state index in [0.29, 0.717) is 17.0 Å². The van der Waals surface area contributed by atoms with Crippen molar-refractivity contribution in [2.75, 3.05) is 12.8 Å². The molecular formula is C15H23N3O2S. The van der Waals surface area contributed by atoms with Gasteiger partial charge >= 0.3 is 0 Å². The van der Waals surface area contributed by atoms with Crippen molar-refractivity contribution in [3.05, 3.63) is 24.0 Å². The molecule has 0 radical (unpaired) electrons. The van der Waals surface area contributed by atoms with Crippen LogP contribution >= 0.6 is 0 Å². The minimum absolute atomic E-state index is 0.168. The van der Waals surface area contributed by atoms with E-state index < -0.39 is 9.84 Å². The summed E-state index contributed by atoms with van der Waals surface area (Å²) in [5.74, 6) is 0.927. The first-order valence-corrected chi connectivity index (χ1v) is 9.05. The van der Waals surface area contributed by atoms with Crippen LogP contribution in [0.2, 0.25) is 0 Å². The summed E-state index contributed by atoms with van der Waals surface area (Å²) in [6, 6.07) is 5.08. The van der Waals surface area contributed by atoms with Gasteiger partial charge in [-0.1, -0.05) is 13.8 Å². The van der Waals surface area contributed by atoms with Crippen LogP contribution in [0.5, 0.6) is 0 Å². The highest BCUT2D eigenvalue weighted by Crippen LogP contribution is 2.32. The summed E-state index contributed by atoms with van der Waals surface area (Å²) in [4.78, 5) is 4.99. The molecule has 1 aromatic carbocycles. The lowest BCUT2D eigenvalue weighted by atomic mass is 9.81. The number of benzene rings is 1. The molecule has 2 rings (SSSR count). The van der Waals surface area contributed by atoms with Crippen LogP contribution < -0.4 is 5.73 Å². The minimum Gasteiger partial charge on any atom is -0.331 e. The lowest BCUT2D eigenvalue weighted by molar-refractivity contribution is 0.374. The summed E-state index contributed by atoms with van der Waals surface area (Å²) < 4.78 is 25.4. The van der Waals surface area contributed by atoms with Crippen LogP contribution in [0.15, 0.2) is 23.1 Å². The van der Waals surface area contributed by atoms with Gasteiger partial charge in [-0.3, -0.25) is 0 Å². The van der Waals surface area contributed by atoms with E-state index >= 15 is 0 Å². The van der Waals surface area contributed by atoms with Gasteiger partial charge < -0.3 is 10.3 Å². The van der Waals surface area contributed by atoms with E-state index in [9.17, 15) is 8.42 Å². The third-order valence-electron chi connectivity index (χ3n) is 4.50.